The number of benzene rings is 2. The van der Waals surface area contributed by atoms with Crippen LogP contribution in [0.25, 0.3) is 11.1 Å². The van der Waals surface area contributed by atoms with E-state index in [1.807, 2.05) is 36.4 Å². The number of nitrogens with one attached hydrogen (secondary N) is 1. The first-order chi connectivity index (χ1) is 12.0. The summed E-state index contributed by atoms with van der Waals surface area (Å²) < 4.78 is 5.36. The molecule has 0 radical (unpaired) electrons. The number of hydrogen-bond acceptors (Lipinski definition) is 3. The Morgan fingerprint density at radius 3 is 2.04 bits per heavy atom. The molecule has 0 heterocycles. The van der Waals surface area contributed by atoms with Crippen molar-refractivity contribution in [3.8, 4) is 11.1 Å². The Morgan fingerprint density at radius 1 is 1.04 bits per heavy atom. The maximum atomic E-state index is 12.0. The van der Waals surface area contributed by atoms with Gasteiger partial charge in [0.1, 0.15) is 12.6 Å². The number of carboxylic acids is 1. The van der Waals surface area contributed by atoms with Crippen LogP contribution in [0.3, 0.4) is 0 Å². The fourth-order valence-electron chi connectivity index (χ4n) is 3.28. The molecule has 1 aliphatic carbocycles. The van der Waals surface area contributed by atoms with Crippen LogP contribution in [0.5, 0.6) is 0 Å². The summed E-state index contributed by atoms with van der Waals surface area (Å²) in [5.41, 5.74) is 4.54. The number of fused-ring (bicyclic) bond motifs is 3. The molecule has 2 aromatic rings. The normalized spacial score (nSPS) is 13.9. The van der Waals surface area contributed by atoms with Gasteiger partial charge in [0, 0.05) is 5.92 Å². The van der Waals surface area contributed by atoms with Crippen LogP contribution < -0.4 is 5.32 Å². The maximum Gasteiger partial charge on any atom is 0.407 e. The largest absolute Gasteiger partial charge is 0.480 e. The standard InChI is InChI=1S/C20H21NO4/c1-12(2)18(19(22)23)21-20(24)25-11-17-15-9-5-3-7-13(15)14-8-4-6-10-16(14)17/h3-10,12,17-18H,11H2,1-2H3,(H,21,24)(H,22,23)/t18-/m0/s1/i19+1. The van der Waals surface area contributed by atoms with Crippen molar-refractivity contribution in [1.29, 1.82) is 0 Å². The van der Waals surface area contributed by atoms with Gasteiger partial charge < -0.3 is 15.2 Å². The van der Waals surface area contributed by atoms with Crippen LogP contribution >= 0.6 is 0 Å². The molecule has 0 unspecified atom stereocenters. The fraction of sp³-hybridized carbons (Fsp3) is 0.300. The minimum absolute atomic E-state index is 0.0412. The number of amides is 1. The SMILES string of the molecule is CC(C)[C@H](NC(=O)OCC1c2ccccc2-c2ccccc21)[13C](=O)O. The highest BCUT2D eigenvalue weighted by Crippen LogP contribution is 2.44. The minimum atomic E-state index is -1.07. The van der Waals surface area contributed by atoms with E-state index in [2.05, 4.69) is 17.4 Å². The van der Waals surface area contributed by atoms with E-state index in [9.17, 15) is 9.59 Å². The van der Waals surface area contributed by atoms with Crippen molar-refractivity contribution in [2.75, 3.05) is 6.61 Å². The van der Waals surface area contributed by atoms with Crippen molar-refractivity contribution < 1.29 is 19.4 Å². The summed E-state index contributed by atoms with van der Waals surface area (Å²) in [5, 5.41) is 11.6. The first kappa shape index (κ1) is 17.0. The van der Waals surface area contributed by atoms with Gasteiger partial charge >= 0.3 is 12.1 Å². The highest BCUT2D eigenvalue weighted by molar-refractivity contribution is 5.81. The second-order valence-electron chi connectivity index (χ2n) is 6.53. The zero-order chi connectivity index (χ0) is 18.0. The van der Waals surface area contributed by atoms with Gasteiger partial charge in [0.15, 0.2) is 0 Å². The Morgan fingerprint density at radius 2 is 1.56 bits per heavy atom. The Hall–Kier alpha value is -2.82. The summed E-state index contributed by atoms with van der Waals surface area (Å²) in [7, 11) is 0. The van der Waals surface area contributed by atoms with Crippen LogP contribution in [0.4, 0.5) is 4.79 Å². The monoisotopic (exact) mass is 340 g/mol. The van der Waals surface area contributed by atoms with Crippen LogP contribution in [0.1, 0.15) is 30.9 Å². The minimum Gasteiger partial charge on any atom is -0.480 e. The predicted octanol–water partition coefficient (Wildman–Crippen LogP) is 3.63. The number of ether oxygens (including phenoxy) is 1. The zero-order valence-corrected chi connectivity index (χ0v) is 14.2. The number of rotatable bonds is 5. The molecule has 0 aliphatic heterocycles. The van der Waals surface area contributed by atoms with Crippen molar-refractivity contribution in [2.45, 2.75) is 25.8 Å². The topological polar surface area (TPSA) is 75.6 Å². The van der Waals surface area contributed by atoms with Crippen LogP contribution in [0.2, 0.25) is 0 Å². The molecule has 1 aliphatic rings. The molecule has 0 saturated carbocycles. The molecule has 0 bridgehead atoms. The third-order valence-corrected chi connectivity index (χ3v) is 4.55. The van der Waals surface area contributed by atoms with E-state index in [0.29, 0.717) is 0 Å². The molecule has 0 spiro atoms. The Labute approximate surface area is 146 Å². The van der Waals surface area contributed by atoms with Gasteiger partial charge in [0.2, 0.25) is 0 Å². The lowest BCUT2D eigenvalue weighted by molar-refractivity contribution is -0.140. The van der Waals surface area contributed by atoms with Crippen LogP contribution in [-0.4, -0.2) is 29.8 Å². The van der Waals surface area contributed by atoms with Gasteiger partial charge in [-0.3, -0.25) is 0 Å². The molecule has 1 atom stereocenters. The first-order valence-corrected chi connectivity index (χ1v) is 8.33. The van der Waals surface area contributed by atoms with Crippen molar-refractivity contribution in [1.82, 2.24) is 5.32 Å². The Kier molecular flexibility index (Phi) is 4.74. The van der Waals surface area contributed by atoms with Crippen molar-refractivity contribution in [2.24, 2.45) is 5.92 Å². The van der Waals surface area contributed by atoms with Gasteiger partial charge in [0.25, 0.3) is 0 Å². The summed E-state index contributed by atoms with van der Waals surface area (Å²) in [5.74, 6) is -1.33. The molecule has 2 N–H and O–H groups in total. The highest BCUT2D eigenvalue weighted by atomic mass is 16.5. The number of hydrogen-bond donors (Lipinski definition) is 2. The van der Waals surface area contributed by atoms with Gasteiger partial charge in [-0.2, -0.15) is 0 Å². The van der Waals surface area contributed by atoms with E-state index in [4.69, 9.17) is 9.84 Å². The second-order valence-corrected chi connectivity index (χ2v) is 6.53. The zero-order valence-electron chi connectivity index (χ0n) is 14.2. The van der Waals surface area contributed by atoms with Gasteiger partial charge in [-0.1, -0.05) is 62.4 Å². The summed E-state index contributed by atoms with van der Waals surface area (Å²) in [4.78, 5) is 23.2. The average Bonchev–Trinajstić information content (AvgIpc) is 2.91. The number of carboxylic acid groups (broad SMARTS) is 1. The molecule has 3 rings (SSSR count). The molecule has 0 fully saturated rings. The van der Waals surface area contributed by atoms with Crippen LogP contribution in [0.15, 0.2) is 48.5 Å². The molecule has 25 heavy (non-hydrogen) atoms. The maximum absolute atomic E-state index is 12.0. The molecule has 0 saturated heterocycles. The lowest BCUT2D eigenvalue weighted by atomic mass is 9.98. The fourth-order valence-corrected chi connectivity index (χ4v) is 3.28. The van der Waals surface area contributed by atoms with E-state index in [1.54, 1.807) is 13.8 Å². The number of aliphatic carboxylic acids is 1. The Balaban J connectivity index is 1.73. The molecule has 0 aromatic heterocycles. The number of alkyl carbamates (subject to hydrolysis) is 1. The lowest BCUT2D eigenvalue weighted by Gasteiger charge is -2.19. The molecule has 1 amide bonds. The third kappa shape index (κ3) is 3.36. The van der Waals surface area contributed by atoms with Crippen molar-refractivity contribution in [3.63, 3.8) is 0 Å². The van der Waals surface area contributed by atoms with E-state index in [1.165, 1.54) is 0 Å². The summed E-state index contributed by atoms with van der Waals surface area (Å²) in [6.45, 7) is 3.65. The van der Waals surface area contributed by atoms with E-state index in [-0.39, 0.29) is 18.4 Å². The molecule has 5 nitrogen and oxygen atoms in total. The van der Waals surface area contributed by atoms with Gasteiger partial charge in [0.05, 0.1) is 0 Å². The van der Waals surface area contributed by atoms with Gasteiger partial charge in [-0.25, -0.2) is 9.59 Å². The molecular formula is C20H21NO4. The third-order valence-electron chi connectivity index (χ3n) is 4.55. The van der Waals surface area contributed by atoms with E-state index < -0.39 is 18.1 Å². The van der Waals surface area contributed by atoms with Gasteiger partial charge in [-0.15, -0.1) is 0 Å². The number of carbonyl (C=O) groups is 2. The predicted molar refractivity (Wildman–Crippen MR) is 94.5 cm³/mol. The second kappa shape index (κ2) is 6.97. The smallest absolute Gasteiger partial charge is 0.407 e. The average molecular weight is 340 g/mol. The van der Waals surface area contributed by atoms with Crippen LogP contribution in [-0.2, 0) is 9.53 Å². The molecule has 130 valence electrons. The molecule has 2 aromatic carbocycles. The first-order valence-electron chi connectivity index (χ1n) is 8.33. The highest BCUT2D eigenvalue weighted by Gasteiger charge is 2.30. The summed E-state index contributed by atoms with van der Waals surface area (Å²) in [6.07, 6.45) is -0.706. The Bertz CT molecular complexity index is 754. The summed E-state index contributed by atoms with van der Waals surface area (Å²) >= 11 is 0. The van der Waals surface area contributed by atoms with E-state index >= 15 is 0 Å². The van der Waals surface area contributed by atoms with Crippen molar-refractivity contribution >= 4 is 12.1 Å². The molecular weight excluding hydrogens is 319 g/mol. The van der Waals surface area contributed by atoms with Crippen molar-refractivity contribution in [3.05, 3.63) is 59.7 Å². The van der Waals surface area contributed by atoms with Gasteiger partial charge in [-0.05, 0) is 28.2 Å². The summed E-state index contributed by atoms with van der Waals surface area (Å²) in [6, 6.07) is 15.2. The quantitative estimate of drug-likeness (QED) is 0.815. The lowest BCUT2D eigenvalue weighted by Crippen LogP contribution is -2.44. The number of carbonyl (C=O) groups excluding carboxylic acids is 1. The molecule has 5 heteroatoms. The van der Waals surface area contributed by atoms with Crippen LogP contribution in [0, 0.1) is 5.92 Å². The van der Waals surface area contributed by atoms with E-state index in [0.717, 1.165) is 22.3 Å².